The lowest BCUT2D eigenvalue weighted by atomic mass is 10.0. The predicted octanol–water partition coefficient (Wildman–Crippen LogP) is 5.35. The maximum atomic E-state index is 4.08. The van der Waals surface area contributed by atoms with Gasteiger partial charge in [-0.15, -0.1) is 11.3 Å². The smallest absolute Gasteiger partial charge is 0.0948 e. The lowest BCUT2D eigenvalue weighted by Crippen LogP contribution is -1.91. The molecule has 2 heterocycles. The Hall–Kier alpha value is -2.39. The van der Waals surface area contributed by atoms with Gasteiger partial charge < -0.3 is 4.57 Å². The fourth-order valence-electron chi connectivity index (χ4n) is 2.73. The van der Waals surface area contributed by atoms with E-state index in [9.17, 15) is 0 Å². The van der Waals surface area contributed by atoms with Crippen molar-refractivity contribution in [3.63, 3.8) is 0 Å². The lowest BCUT2D eigenvalue weighted by Gasteiger charge is -2.03. The van der Waals surface area contributed by atoms with Gasteiger partial charge in [0, 0.05) is 39.1 Å². The van der Waals surface area contributed by atoms with Crippen LogP contribution in [0.15, 0.2) is 67.3 Å². The molecule has 2 aromatic heterocycles. The van der Waals surface area contributed by atoms with Gasteiger partial charge >= 0.3 is 0 Å². The molecule has 0 atom stereocenters. The summed E-state index contributed by atoms with van der Waals surface area (Å²) in [6.45, 7) is 3.03. The van der Waals surface area contributed by atoms with Gasteiger partial charge in [-0.2, -0.15) is 0 Å². The van der Waals surface area contributed by atoms with Crippen molar-refractivity contribution in [3.8, 4) is 0 Å². The van der Waals surface area contributed by atoms with Crippen LogP contribution < -0.4 is 0 Å². The summed E-state index contributed by atoms with van der Waals surface area (Å²) in [4.78, 5) is 4.08. The maximum Gasteiger partial charge on any atom is 0.0948 e. The van der Waals surface area contributed by atoms with Crippen molar-refractivity contribution in [2.75, 3.05) is 0 Å². The molecule has 108 valence electrons. The van der Waals surface area contributed by atoms with Gasteiger partial charge in [0.1, 0.15) is 0 Å². The highest BCUT2D eigenvalue weighted by molar-refractivity contribution is 7.25. The molecule has 0 aliphatic carbocycles. The van der Waals surface area contributed by atoms with E-state index in [2.05, 4.69) is 65.0 Å². The summed E-state index contributed by atoms with van der Waals surface area (Å²) in [5.41, 5.74) is 2.59. The van der Waals surface area contributed by atoms with Gasteiger partial charge in [-0.3, -0.25) is 0 Å². The van der Waals surface area contributed by atoms with Crippen LogP contribution in [-0.2, 0) is 6.54 Å². The molecule has 0 saturated carbocycles. The zero-order valence-corrected chi connectivity index (χ0v) is 13.2. The zero-order chi connectivity index (χ0) is 14.9. The Morgan fingerprint density at radius 2 is 2.00 bits per heavy atom. The van der Waals surface area contributed by atoms with E-state index in [0.717, 1.165) is 6.54 Å². The van der Waals surface area contributed by atoms with Crippen LogP contribution in [0.4, 0.5) is 0 Å². The molecule has 0 unspecified atom stereocenters. The molecular formula is C19H16N2S. The zero-order valence-electron chi connectivity index (χ0n) is 12.4. The largest absolute Gasteiger partial charge is 0.334 e. The molecule has 0 bridgehead atoms. The molecule has 0 radical (unpaired) electrons. The molecule has 3 heteroatoms. The Labute approximate surface area is 133 Å². The van der Waals surface area contributed by atoms with Gasteiger partial charge in [0.05, 0.1) is 6.33 Å². The van der Waals surface area contributed by atoms with Gasteiger partial charge in [0.15, 0.2) is 0 Å². The Morgan fingerprint density at radius 1 is 1.14 bits per heavy atom. The molecule has 0 saturated heterocycles. The quantitative estimate of drug-likeness (QED) is 0.498. The van der Waals surface area contributed by atoms with E-state index in [1.54, 1.807) is 0 Å². The van der Waals surface area contributed by atoms with Crippen LogP contribution in [0, 0.1) is 0 Å². The average Bonchev–Trinajstić information content (AvgIpc) is 3.19. The number of rotatable bonds is 3. The van der Waals surface area contributed by atoms with Gasteiger partial charge in [-0.1, -0.05) is 30.3 Å². The number of allylic oxidation sites excluding steroid dienone is 2. The van der Waals surface area contributed by atoms with Crippen LogP contribution >= 0.6 is 11.3 Å². The van der Waals surface area contributed by atoms with Gasteiger partial charge in [0.2, 0.25) is 0 Å². The van der Waals surface area contributed by atoms with E-state index in [4.69, 9.17) is 0 Å². The molecule has 2 aromatic carbocycles. The van der Waals surface area contributed by atoms with Gasteiger partial charge in [-0.25, -0.2) is 4.98 Å². The predicted molar refractivity (Wildman–Crippen MR) is 95.2 cm³/mol. The van der Waals surface area contributed by atoms with Crippen LogP contribution in [0.5, 0.6) is 0 Å². The summed E-state index contributed by atoms with van der Waals surface area (Å²) in [5, 5.41) is 2.71. The standard InChI is InChI=1S/C19H16N2S/c1-14(8-10-21-11-9-20-13-21)15-6-7-19-17(12-15)16-4-2-3-5-18(16)22-19/h2-9,11-13H,10H2,1H3. The van der Waals surface area contributed by atoms with Gasteiger partial charge in [0.25, 0.3) is 0 Å². The molecule has 0 amide bonds. The van der Waals surface area contributed by atoms with Gasteiger partial charge in [-0.05, 0) is 36.3 Å². The topological polar surface area (TPSA) is 17.8 Å². The highest BCUT2D eigenvalue weighted by atomic mass is 32.1. The first-order valence-electron chi connectivity index (χ1n) is 7.35. The Bertz CT molecular complexity index is 962. The second-order valence-corrected chi connectivity index (χ2v) is 6.54. The molecule has 4 aromatic rings. The van der Waals surface area contributed by atoms with Crippen molar-refractivity contribution in [3.05, 3.63) is 72.8 Å². The van der Waals surface area contributed by atoms with Crippen molar-refractivity contribution in [2.24, 2.45) is 0 Å². The first-order valence-corrected chi connectivity index (χ1v) is 8.17. The summed E-state index contributed by atoms with van der Waals surface area (Å²) in [6.07, 6.45) is 7.89. The normalized spacial score (nSPS) is 12.3. The van der Waals surface area contributed by atoms with Crippen LogP contribution in [0.3, 0.4) is 0 Å². The Balaban J connectivity index is 1.75. The second-order valence-electron chi connectivity index (χ2n) is 5.46. The number of imidazole rings is 1. The molecule has 4 rings (SSSR count). The first kappa shape index (κ1) is 13.3. The molecule has 2 nitrogen and oxygen atoms in total. The van der Waals surface area contributed by atoms with E-state index in [0.29, 0.717) is 0 Å². The minimum atomic E-state index is 0.855. The Morgan fingerprint density at radius 3 is 2.86 bits per heavy atom. The number of fused-ring (bicyclic) bond motifs is 3. The third-order valence-corrected chi connectivity index (χ3v) is 5.15. The number of benzene rings is 2. The number of thiophene rings is 1. The van der Waals surface area contributed by atoms with Crippen molar-refractivity contribution in [2.45, 2.75) is 13.5 Å². The first-order chi connectivity index (χ1) is 10.8. The average molecular weight is 304 g/mol. The van der Waals surface area contributed by atoms with Crippen LogP contribution in [0.1, 0.15) is 12.5 Å². The molecule has 0 aliphatic heterocycles. The number of aromatic nitrogens is 2. The van der Waals surface area contributed by atoms with Crippen LogP contribution in [0.2, 0.25) is 0 Å². The summed E-state index contributed by atoms with van der Waals surface area (Å²) >= 11 is 1.86. The monoisotopic (exact) mass is 304 g/mol. The van der Waals surface area contributed by atoms with E-state index in [1.165, 1.54) is 31.3 Å². The fraction of sp³-hybridized carbons (Fsp3) is 0.105. The van der Waals surface area contributed by atoms with E-state index >= 15 is 0 Å². The lowest BCUT2D eigenvalue weighted by molar-refractivity contribution is 0.821. The molecule has 0 aliphatic rings. The van der Waals surface area contributed by atoms with Crippen LogP contribution in [-0.4, -0.2) is 9.55 Å². The minimum Gasteiger partial charge on any atom is -0.334 e. The van der Waals surface area contributed by atoms with E-state index in [-0.39, 0.29) is 0 Å². The highest BCUT2D eigenvalue weighted by Gasteiger charge is 2.05. The summed E-state index contributed by atoms with van der Waals surface area (Å²) < 4.78 is 4.78. The fourth-order valence-corrected chi connectivity index (χ4v) is 3.81. The summed E-state index contributed by atoms with van der Waals surface area (Å²) in [7, 11) is 0. The number of nitrogens with zero attached hydrogens (tertiary/aromatic N) is 2. The van der Waals surface area contributed by atoms with Crippen molar-refractivity contribution >= 4 is 37.1 Å². The summed E-state index contributed by atoms with van der Waals surface area (Å²) in [6, 6.07) is 15.4. The van der Waals surface area contributed by atoms with Crippen molar-refractivity contribution < 1.29 is 0 Å². The minimum absolute atomic E-state index is 0.855. The molecule has 0 fully saturated rings. The van der Waals surface area contributed by atoms with Crippen LogP contribution in [0.25, 0.3) is 25.7 Å². The number of hydrogen-bond acceptors (Lipinski definition) is 2. The number of hydrogen-bond donors (Lipinski definition) is 0. The van der Waals surface area contributed by atoms with E-state index < -0.39 is 0 Å². The van der Waals surface area contributed by atoms with Crippen molar-refractivity contribution in [1.29, 1.82) is 0 Å². The summed E-state index contributed by atoms with van der Waals surface area (Å²) in [5.74, 6) is 0. The molecule has 0 N–H and O–H groups in total. The third-order valence-electron chi connectivity index (χ3n) is 4.00. The highest BCUT2D eigenvalue weighted by Crippen LogP contribution is 2.35. The maximum absolute atomic E-state index is 4.08. The third kappa shape index (κ3) is 2.34. The molecular weight excluding hydrogens is 288 g/mol. The van der Waals surface area contributed by atoms with Crippen molar-refractivity contribution in [1.82, 2.24) is 9.55 Å². The molecule has 0 spiro atoms. The SMILES string of the molecule is CC(=CCn1ccnc1)c1ccc2sc3ccccc3c2c1. The van der Waals surface area contributed by atoms with E-state index in [1.807, 2.05) is 30.1 Å². The molecule has 22 heavy (non-hydrogen) atoms. The second kappa shape index (κ2) is 5.43. The Kier molecular flexibility index (Phi) is 3.28.